The lowest BCUT2D eigenvalue weighted by atomic mass is 10.3. The first kappa shape index (κ1) is 14.2. The maximum absolute atomic E-state index is 12.2. The molecule has 1 aromatic rings. The number of sulfonamides is 1. The second-order valence-electron chi connectivity index (χ2n) is 4.47. The van der Waals surface area contributed by atoms with E-state index in [1.54, 1.807) is 0 Å². The van der Waals surface area contributed by atoms with Crippen molar-refractivity contribution >= 4 is 16.0 Å². The summed E-state index contributed by atoms with van der Waals surface area (Å²) < 4.78 is 25.7. The zero-order valence-electron chi connectivity index (χ0n) is 10.8. The van der Waals surface area contributed by atoms with Gasteiger partial charge in [-0.05, 0) is 12.8 Å². The molecule has 0 spiro atoms. The molecule has 106 valence electrons. The Kier molecular flexibility index (Phi) is 4.33. The summed E-state index contributed by atoms with van der Waals surface area (Å²) in [4.78, 5) is 8.02. The minimum Gasteiger partial charge on any atom is -0.392 e. The Bertz CT molecular complexity index is 517. The third-order valence-electron chi connectivity index (χ3n) is 2.93. The molecule has 1 fully saturated rings. The molecular formula is C11H18N4O3S. The number of β-amino-alcohol motifs (C(OH)–C–C–N with tert-alkyl or cyclic N) is 1. The average Bonchev–Trinajstić information content (AvgIpc) is 2.84. The minimum atomic E-state index is -3.59. The standard InChI is InChI=1S/C11H18N4O3S/c1-2-4-12-11-13-6-10(7-14-11)19(17,18)15-5-3-9(16)8-15/h6-7,9,16H,2-5,8H2,1H3,(H,12,13,14). The lowest BCUT2D eigenvalue weighted by molar-refractivity contribution is 0.189. The second-order valence-corrected chi connectivity index (χ2v) is 6.41. The molecule has 1 aliphatic heterocycles. The van der Waals surface area contributed by atoms with E-state index in [1.165, 1.54) is 16.7 Å². The highest BCUT2D eigenvalue weighted by atomic mass is 32.2. The molecule has 0 amide bonds. The number of anilines is 1. The van der Waals surface area contributed by atoms with Crippen LogP contribution in [0.15, 0.2) is 17.3 Å². The molecule has 1 aromatic heterocycles. The van der Waals surface area contributed by atoms with Crippen molar-refractivity contribution in [2.45, 2.75) is 30.8 Å². The van der Waals surface area contributed by atoms with Gasteiger partial charge in [0.25, 0.3) is 0 Å². The van der Waals surface area contributed by atoms with Crippen molar-refractivity contribution in [2.75, 3.05) is 25.0 Å². The highest BCUT2D eigenvalue weighted by Crippen LogP contribution is 2.20. The normalized spacial score (nSPS) is 20.6. The summed E-state index contributed by atoms with van der Waals surface area (Å²) in [6.45, 7) is 3.23. The molecule has 1 unspecified atom stereocenters. The number of hydrogen-bond acceptors (Lipinski definition) is 6. The third-order valence-corrected chi connectivity index (χ3v) is 4.74. The van der Waals surface area contributed by atoms with Gasteiger partial charge in [-0.3, -0.25) is 0 Å². The van der Waals surface area contributed by atoms with Crippen LogP contribution in [-0.2, 0) is 10.0 Å². The van der Waals surface area contributed by atoms with E-state index in [9.17, 15) is 13.5 Å². The van der Waals surface area contributed by atoms with Gasteiger partial charge < -0.3 is 10.4 Å². The van der Waals surface area contributed by atoms with E-state index in [2.05, 4.69) is 15.3 Å². The van der Waals surface area contributed by atoms with Crippen molar-refractivity contribution in [3.8, 4) is 0 Å². The van der Waals surface area contributed by atoms with Gasteiger partial charge >= 0.3 is 0 Å². The predicted octanol–water partition coefficient (Wildman–Crippen LogP) is 0.0538. The number of aliphatic hydroxyl groups is 1. The van der Waals surface area contributed by atoms with Crippen LogP contribution in [0.4, 0.5) is 5.95 Å². The number of nitrogens with one attached hydrogen (secondary N) is 1. The maximum Gasteiger partial charge on any atom is 0.246 e. The third kappa shape index (κ3) is 3.20. The Morgan fingerprint density at radius 1 is 1.47 bits per heavy atom. The van der Waals surface area contributed by atoms with E-state index in [-0.39, 0.29) is 11.4 Å². The van der Waals surface area contributed by atoms with Crippen LogP contribution in [0.2, 0.25) is 0 Å². The van der Waals surface area contributed by atoms with E-state index >= 15 is 0 Å². The molecule has 1 atom stereocenters. The van der Waals surface area contributed by atoms with Gasteiger partial charge in [-0.25, -0.2) is 18.4 Å². The minimum absolute atomic E-state index is 0.0589. The van der Waals surface area contributed by atoms with Crippen LogP contribution in [0.1, 0.15) is 19.8 Å². The van der Waals surface area contributed by atoms with Crippen molar-refractivity contribution in [1.82, 2.24) is 14.3 Å². The molecular weight excluding hydrogens is 268 g/mol. The van der Waals surface area contributed by atoms with Crippen LogP contribution in [-0.4, -0.2) is 53.5 Å². The summed E-state index contributed by atoms with van der Waals surface area (Å²) >= 11 is 0. The van der Waals surface area contributed by atoms with Crippen molar-refractivity contribution in [2.24, 2.45) is 0 Å². The van der Waals surface area contributed by atoms with Crippen molar-refractivity contribution in [1.29, 1.82) is 0 Å². The number of rotatable bonds is 5. The Morgan fingerprint density at radius 2 is 2.16 bits per heavy atom. The molecule has 0 radical (unpaired) electrons. The average molecular weight is 286 g/mol. The van der Waals surface area contributed by atoms with Crippen molar-refractivity contribution in [3.05, 3.63) is 12.4 Å². The van der Waals surface area contributed by atoms with Gasteiger partial charge in [-0.2, -0.15) is 4.31 Å². The first-order valence-electron chi connectivity index (χ1n) is 6.28. The smallest absolute Gasteiger partial charge is 0.246 e. The molecule has 2 rings (SSSR count). The maximum atomic E-state index is 12.2. The summed E-state index contributed by atoms with van der Waals surface area (Å²) in [5.41, 5.74) is 0. The predicted molar refractivity (Wildman–Crippen MR) is 70.2 cm³/mol. The lowest BCUT2D eigenvalue weighted by Gasteiger charge is -2.15. The van der Waals surface area contributed by atoms with Crippen LogP contribution in [0.5, 0.6) is 0 Å². The highest BCUT2D eigenvalue weighted by molar-refractivity contribution is 7.89. The number of aromatic nitrogens is 2. The quantitative estimate of drug-likeness (QED) is 0.794. The fraction of sp³-hybridized carbons (Fsp3) is 0.636. The number of aliphatic hydroxyl groups excluding tert-OH is 1. The van der Waals surface area contributed by atoms with Crippen LogP contribution in [0.25, 0.3) is 0 Å². The number of nitrogens with zero attached hydrogens (tertiary/aromatic N) is 3. The fourth-order valence-corrected chi connectivity index (χ4v) is 3.24. The summed E-state index contributed by atoms with van der Waals surface area (Å²) in [6, 6.07) is 0. The van der Waals surface area contributed by atoms with Crippen LogP contribution >= 0.6 is 0 Å². The Labute approximate surface area is 112 Å². The molecule has 0 aromatic carbocycles. The van der Waals surface area contributed by atoms with Crippen molar-refractivity contribution < 1.29 is 13.5 Å². The highest BCUT2D eigenvalue weighted by Gasteiger charge is 2.32. The monoisotopic (exact) mass is 286 g/mol. The topological polar surface area (TPSA) is 95.4 Å². The molecule has 1 aliphatic rings. The molecule has 2 N–H and O–H groups in total. The van der Waals surface area contributed by atoms with E-state index in [0.29, 0.717) is 18.9 Å². The SMILES string of the molecule is CCCNc1ncc(S(=O)(=O)N2CCC(O)C2)cn1. The largest absolute Gasteiger partial charge is 0.392 e. The molecule has 19 heavy (non-hydrogen) atoms. The first-order chi connectivity index (χ1) is 9.04. The summed E-state index contributed by atoms with van der Waals surface area (Å²) in [5.74, 6) is 0.419. The molecule has 2 heterocycles. The van der Waals surface area contributed by atoms with Gasteiger partial charge in [0.05, 0.1) is 18.5 Å². The lowest BCUT2D eigenvalue weighted by Crippen LogP contribution is -2.30. The van der Waals surface area contributed by atoms with Gasteiger partial charge in [0.2, 0.25) is 16.0 Å². The first-order valence-corrected chi connectivity index (χ1v) is 7.72. The van der Waals surface area contributed by atoms with Gasteiger partial charge in [0.1, 0.15) is 4.90 Å². The summed E-state index contributed by atoms with van der Waals surface area (Å²) in [6.07, 6.45) is 3.42. The zero-order valence-corrected chi connectivity index (χ0v) is 11.6. The molecule has 8 heteroatoms. The second kappa shape index (κ2) is 5.81. The molecule has 7 nitrogen and oxygen atoms in total. The molecule has 0 aliphatic carbocycles. The zero-order chi connectivity index (χ0) is 13.9. The molecule has 0 bridgehead atoms. The van der Waals surface area contributed by atoms with Gasteiger partial charge in [0.15, 0.2) is 0 Å². The van der Waals surface area contributed by atoms with E-state index in [4.69, 9.17) is 0 Å². The Hall–Kier alpha value is -1.25. The van der Waals surface area contributed by atoms with Crippen LogP contribution < -0.4 is 5.32 Å². The van der Waals surface area contributed by atoms with Gasteiger partial charge in [-0.1, -0.05) is 6.92 Å². The Balaban J connectivity index is 2.12. The van der Waals surface area contributed by atoms with Gasteiger partial charge in [0, 0.05) is 19.6 Å². The van der Waals surface area contributed by atoms with Gasteiger partial charge in [-0.15, -0.1) is 0 Å². The van der Waals surface area contributed by atoms with E-state index in [1.807, 2.05) is 6.92 Å². The van der Waals surface area contributed by atoms with E-state index < -0.39 is 16.1 Å². The van der Waals surface area contributed by atoms with Crippen LogP contribution in [0, 0.1) is 0 Å². The molecule has 1 saturated heterocycles. The summed E-state index contributed by atoms with van der Waals surface area (Å²) in [7, 11) is -3.59. The molecule has 0 saturated carbocycles. The summed E-state index contributed by atoms with van der Waals surface area (Å²) in [5, 5.41) is 12.4. The fourth-order valence-electron chi connectivity index (χ4n) is 1.86. The van der Waals surface area contributed by atoms with Crippen LogP contribution in [0.3, 0.4) is 0 Å². The van der Waals surface area contributed by atoms with E-state index in [0.717, 1.165) is 13.0 Å². The number of hydrogen-bond donors (Lipinski definition) is 2. The van der Waals surface area contributed by atoms with Crippen molar-refractivity contribution in [3.63, 3.8) is 0 Å². The Morgan fingerprint density at radius 3 is 2.68 bits per heavy atom.